The van der Waals surface area contributed by atoms with Crippen molar-refractivity contribution in [1.82, 2.24) is 10.6 Å². The predicted molar refractivity (Wildman–Crippen MR) is 66.2 cm³/mol. The maximum atomic E-state index is 11.3. The molecule has 90 valence electrons. The molecule has 0 aromatic heterocycles. The van der Waals surface area contributed by atoms with Gasteiger partial charge in [0, 0.05) is 17.8 Å². The number of amides is 1. The van der Waals surface area contributed by atoms with Crippen molar-refractivity contribution in [2.75, 3.05) is 19.3 Å². The van der Waals surface area contributed by atoms with E-state index in [4.69, 9.17) is 5.26 Å². The zero-order valence-corrected chi connectivity index (χ0v) is 10.5. The van der Waals surface area contributed by atoms with Gasteiger partial charge in [-0.25, -0.2) is 0 Å². The number of hydrogen-bond acceptors (Lipinski definition) is 4. The molecule has 1 aliphatic rings. The third-order valence-corrected chi connectivity index (χ3v) is 3.92. The molecule has 5 heteroatoms. The van der Waals surface area contributed by atoms with Crippen molar-refractivity contribution >= 4 is 17.7 Å². The number of thioether (sulfide) groups is 1. The van der Waals surface area contributed by atoms with Gasteiger partial charge >= 0.3 is 0 Å². The molecule has 0 spiro atoms. The first-order valence-corrected chi connectivity index (χ1v) is 6.95. The lowest BCUT2D eigenvalue weighted by Gasteiger charge is -2.12. The summed E-state index contributed by atoms with van der Waals surface area (Å²) in [6, 6.07) is 2.48. The van der Waals surface area contributed by atoms with E-state index in [9.17, 15) is 4.79 Å². The van der Waals surface area contributed by atoms with Crippen molar-refractivity contribution in [2.24, 2.45) is 0 Å². The normalized spacial score (nSPS) is 24.0. The molecule has 2 unspecified atom stereocenters. The Hall–Kier alpha value is -0.730. The van der Waals surface area contributed by atoms with Crippen molar-refractivity contribution in [3.8, 4) is 6.07 Å². The number of nitriles is 1. The number of rotatable bonds is 6. The average molecular weight is 241 g/mol. The summed E-state index contributed by atoms with van der Waals surface area (Å²) >= 11 is 1.91. The van der Waals surface area contributed by atoms with Gasteiger partial charge < -0.3 is 10.6 Å². The Balaban J connectivity index is 2.06. The zero-order chi connectivity index (χ0) is 11.8. The molecular weight excluding hydrogens is 222 g/mol. The fraction of sp³-hybridized carbons (Fsp3) is 0.818. The quantitative estimate of drug-likeness (QED) is 0.678. The van der Waals surface area contributed by atoms with Crippen LogP contribution in [0.3, 0.4) is 0 Å². The Morgan fingerprint density at radius 2 is 2.38 bits per heavy atom. The molecule has 0 aliphatic heterocycles. The van der Waals surface area contributed by atoms with Crippen molar-refractivity contribution in [2.45, 2.75) is 37.0 Å². The first-order chi connectivity index (χ1) is 7.76. The minimum atomic E-state index is -0.0112. The van der Waals surface area contributed by atoms with E-state index >= 15 is 0 Å². The van der Waals surface area contributed by atoms with Crippen LogP contribution in [-0.2, 0) is 4.79 Å². The largest absolute Gasteiger partial charge is 0.354 e. The molecule has 0 aromatic rings. The van der Waals surface area contributed by atoms with Crippen LogP contribution in [0.25, 0.3) is 0 Å². The average Bonchev–Trinajstić information content (AvgIpc) is 2.74. The fourth-order valence-corrected chi connectivity index (χ4v) is 2.69. The lowest BCUT2D eigenvalue weighted by atomic mass is 10.2. The number of carbonyl (C=O) groups is 1. The molecule has 4 nitrogen and oxygen atoms in total. The number of nitrogens with zero attached hydrogens (tertiary/aromatic N) is 1. The fourth-order valence-electron chi connectivity index (χ4n) is 1.90. The van der Waals surface area contributed by atoms with Crippen LogP contribution in [0, 0.1) is 11.3 Å². The van der Waals surface area contributed by atoms with Crippen molar-refractivity contribution in [3.05, 3.63) is 0 Å². The second-order valence-electron chi connectivity index (χ2n) is 4.01. The van der Waals surface area contributed by atoms with Gasteiger partial charge in [-0.05, 0) is 25.5 Å². The molecule has 0 bridgehead atoms. The first-order valence-electron chi connectivity index (χ1n) is 5.66. The van der Waals surface area contributed by atoms with E-state index in [1.807, 2.05) is 17.8 Å². The van der Waals surface area contributed by atoms with E-state index in [0.29, 0.717) is 25.6 Å². The third-order valence-electron chi connectivity index (χ3n) is 2.83. The topological polar surface area (TPSA) is 64.9 Å². The summed E-state index contributed by atoms with van der Waals surface area (Å²) in [7, 11) is 0. The van der Waals surface area contributed by atoms with E-state index in [1.165, 1.54) is 6.42 Å². The molecular formula is C11H19N3OS. The minimum Gasteiger partial charge on any atom is -0.354 e. The Morgan fingerprint density at radius 1 is 1.56 bits per heavy atom. The summed E-state index contributed by atoms with van der Waals surface area (Å²) in [5.74, 6) is -0.0112. The summed E-state index contributed by atoms with van der Waals surface area (Å²) in [5, 5.41) is 15.0. The van der Waals surface area contributed by atoms with Crippen LogP contribution in [0.1, 0.15) is 25.7 Å². The van der Waals surface area contributed by atoms with Crippen LogP contribution in [-0.4, -0.2) is 36.5 Å². The van der Waals surface area contributed by atoms with Crippen LogP contribution in [0.5, 0.6) is 0 Å². The SMILES string of the molecule is CSC1CCC(NCC(=O)NCCC#N)C1. The summed E-state index contributed by atoms with van der Waals surface area (Å²) < 4.78 is 0. The first kappa shape index (κ1) is 13.3. The van der Waals surface area contributed by atoms with Crippen LogP contribution in [0.4, 0.5) is 0 Å². The van der Waals surface area contributed by atoms with Crippen LogP contribution in [0.15, 0.2) is 0 Å². The van der Waals surface area contributed by atoms with Crippen molar-refractivity contribution in [1.29, 1.82) is 5.26 Å². The molecule has 1 amide bonds. The van der Waals surface area contributed by atoms with Gasteiger partial charge in [-0.2, -0.15) is 17.0 Å². The highest BCUT2D eigenvalue weighted by atomic mass is 32.2. The molecule has 1 fully saturated rings. The molecule has 1 aliphatic carbocycles. The second-order valence-corrected chi connectivity index (χ2v) is 5.14. The highest BCUT2D eigenvalue weighted by Gasteiger charge is 2.23. The van der Waals surface area contributed by atoms with Gasteiger partial charge in [0.2, 0.25) is 5.91 Å². The van der Waals surface area contributed by atoms with Crippen LogP contribution >= 0.6 is 11.8 Å². The smallest absolute Gasteiger partial charge is 0.233 e. The van der Waals surface area contributed by atoms with Crippen molar-refractivity contribution < 1.29 is 4.79 Å². The van der Waals surface area contributed by atoms with E-state index in [2.05, 4.69) is 16.9 Å². The second kappa shape index (κ2) is 7.53. The van der Waals surface area contributed by atoms with E-state index < -0.39 is 0 Å². The Kier molecular flexibility index (Phi) is 6.27. The number of hydrogen-bond donors (Lipinski definition) is 2. The molecule has 0 heterocycles. The summed E-state index contributed by atoms with van der Waals surface area (Å²) in [6.07, 6.45) is 6.09. The van der Waals surface area contributed by atoms with Gasteiger partial charge in [0.05, 0.1) is 19.0 Å². The molecule has 1 rings (SSSR count). The maximum absolute atomic E-state index is 11.3. The Labute approximate surface area is 101 Å². The third kappa shape index (κ3) is 4.86. The van der Waals surface area contributed by atoms with Gasteiger partial charge in [-0.1, -0.05) is 0 Å². The standard InChI is InChI=1S/C11H19N3OS/c1-16-10-4-3-9(7-10)14-8-11(15)13-6-2-5-12/h9-10,14H,2-4,6-8H2,1H3,(H,13,15). The van der Waals surface area contributed by atoms with Gasteiger partial charge in [-0.3, -0.25) is 4.79 Å². The highest BCUT2D eigenvalue weighted by molar-refractivity contribution is 7.99. The summed E-state index contributed by atoms with van der Waals surface area (Å²) in [5.41, 5.74) is 0. The summed E-state index contributed by atoms with van der Waals surface area (Å²) in [4.78, 5) is 11.3. The maximum Gasteiger partial charge on any atom is 0.233 e. The predicted octanol–water partition coefficient (Wildman–Crippen LogP) is 0.890. The molecule has 0 saturated heterocycles. The van der Waals surface area contributed by atoms with E-state index in [0.717, 1.165) is 18.1 Å². The Morgan fingerprint density at radius 3 is 3.00 bits per heavy atom. The molecule has 0 aromatic carbocycles. The molecule has 2 N–H and O–H groups in total. The van der Waals surface area contributed by atoms with Gasteiger partial charge in [0.15, 0.2) is 0 Å². The Bertz CT molecular complexity index is 264. The van der Waals surface area contributed by atoms with Crippen LogP contribution < -0.4 is 10.6 Å². The van der Waals surface area contributed by atoms with Gasteiger partial charge in [0.1, 0.15) is 0 Å². The number of nitrogens with one attached hydrogen (secondary N) is 2. The van der Waals surface area contributed by atoms with Crippen LogP contribution in [0.2, 0.25) is 0 Å². The number of carbonyl (C=O) groups excluding carboxylic acids is 1. The lowest BCUT2D eigenvalue weighted by Crippen LogP contribution is -2.38. The molecule has 0 radical (unpaired) electrons. The molecule has 2 atom stereocenters. The molecule has 16 heavy (non-hydrogen) atoms. The van der Waals surface area contributed by atoms with E-state index in [-0.39, 0.29) is 5.91 Å². The van der Waals surface area contributed by atoms with Gasteiger partial charge in [-0.15, -0.1) is 0 Å². The monoisotopic (exact) mass is 241 g/mol. The summed E-state index contributed by atoms with van der Waals surface area (Å²) in [6.45, 7) is 0.826. The van der Waals surface area contributed by atoms with Gasteiger partial charge in [0.25, 0.3) is 0 Å². The zero-order valence-electron chi connectivity index (χ0n) is 9.66. The minimum absolute atomic E-state index is 0.0112. The molecule has 1 saturated carbocycles. The van der Waals surface area contributed by atoms with E-state index in [1.54, 1.807) is 0 Å². The highest BCUT2D eigenvalue weighted by Crippen LogP contribution is 2.27. The lowest BCUT2D eigenvalue weighted by molar-refractivity contribution is -0.120. The van der Waals surface area contributed by atoms with Crippen molar-refractivity contribution in [3.63, 3.8) is 0 Å².